The highest BCUT2D eigenvalue weighted by molar-refractivity contribution is 5.43. The predicted molar refractivity (Wildman–Crippen MR) is 71.8 cm³/mol. The normalized spacial score (nSPS) is 12.7. The Labute approximate surface area is 128 Å². The van der Waals surface area contributed by atoms with E-state index < -0.39 is 36.0 Å². The number of hydrogen-bond donors (Lipinski definition) is 1. The van der Waals surface area contributed by atoms with Gasteiger partial charge in [-0.15, -0.1) is 0 Å². The standard InChI is InChI=1S/C16H12F6O/c17-15(18,19)13-7-3-1-5-10(13)12(9-23)11-6-2-4-8-14(11)16(20,21)22/h1-8,12,23H,9H2. The average Bonchev–Trinajstić information content (AvgIpc) is 2.47. The van der Waals surface area contributed by atoms with Gasteiger partial charge in [-0.1, -0.05) is 36.4 Å². The van der Waals surface area contributed by atoms with Crippen molar-refractivity contribution in [3.63, 3.8) is 0 Å². The number of aliphatic hydroxyl groups is 1. The molecule has 2 aromatic carbocycles. The Bertz CT molecular complexity index is 617. The molecule has 0 aliphatic rings. The van der Waals surface area contributed by atoms with Crippen molar-refractivity contribution in [3.8, 4) is 0 Å². The zero-order valence-electron chi connectivity index (χ0n) is 11.6. The molecule has 0 amide bonds. The highest BCUT2D eigenvalue weighted by atomic mass is 19.4. The second-order valence-corrected chi connectivity index (χ2v) is 4.91. The summed E-state index contributed by atoms with van der Waals surface area (Å²) >= 11 is 0. The summed E-state index contributed by atoms with van der Waals surface area (Å²) in [4.78, 5) is 0. The Morgan fingerprint density at radius 1 is 0.696 bits per heavy atom. The van der Waals surface area contributed by atoms with Crippen molar-refractivity contribution in [2.24, 2.45) is 0 Å². The van der Waals surface area contributed by atoms with E-state index in [1.807, 2.05) is 0 Å². The lowest BCUT2D eigenvalue weighted by Gasteiger charge is -2.23. The fraction of sp³-hybridized carbons (Fsp3) is 0.250. The van der Waals surface area contributed by atoms with Gasteiger partial charge in [0.05, 0.1) is 17.7 Å². The van der Waals surface area contributed by atoms with Gasteiger partial charge < -0.3 is 5.11 Å². The molecule has 0 aliphatic carbocycles. The van der Waals surface area contributed by atoms with E-state index in [0.717, 1.165) is 36.4 Å². The van der Waals surface area contributed by atoms with E-state index in [2.05, 4.69) is 0 Å². The summed E-state index contributed by atoms with van der Waals surface area (Å²) in [5, 5.41) is 9.48. The highest BCUT2D eigenvalue weighted by Gasteiger charge is 2.38. The number of hydrogen-bond acceptors (Lipinski definition) is 1. The maximum Gasteiger partial charge on any atom is 0.416 e. The molecule has 0 spiro atoms. The molecule has 0 fully saturated rings. The van der Waals surface area contributed by atoms with Gasteiger partial charge >= 0.3 is 12.4 Å². The largest absolute Gasteiger partial charge is 0.416 e. The van der Waals surface area contributed by atoms with Gasteiger partial charge in [-0.25, -0.2) is 0 Å². The lowest BCUT2D eigenvalue weighted by Crippen LogP contribution is -2.18. The summed E-state index contributed by atoms with van der Waals surface area (Å²) in [5.74, 6) is -1.43. The van der Waals surface area contributed by atoms with Crippen molar-refractivity contribution >= 4 is 0 Å². The quantitative estimate of drug-likeness (QED) is 0.796. The van der Waals surface area contributed by atoms with Gasteiger partial charge in [0.25, 0.3) is 0 Å². The van der Waals surface area contributed by atoms with Crippen LogP contribution in [0, 0.1) is 0 Å². The van der Waals surface area contributed by atoms with E-state index in [0.29, 0.717) is 0 Å². The van der Waals surface area contributed by atoms with Crippen molar-refractivity contribution in [2.45, 2.75) is 18.3 Å². The van der Waals surface area contributed by atoms with Gasteiger partial charge in [-0.05, 0) is 23.3 Å². The molecule has 0 atom stereocenters. The Morgan fingerprint density at radius 2 is 1.04 bits per heavy atom. The number of halogens is 6. The van der Waals surface area contributed by atoms with E-state index in [4.69, 9.17) is 0 Å². The molecule has 23 heavy (non-hydrogen) atoms. The summed E-state index contributed by atoms with van der Waals surface area (Å²) in [6.45, 7) is -0.875. The van der Waals surface area contributed by atoms with Crippen molar-refractivity contribution in [2.75, 3.05) is 6.61 Å². The Hall–Kier alpha value is -2.02. The third-order valence-corrected chi connectivity index (χ3v) is 3.47. The zero-order chi connectivity index (χ0) is 17.3. The first kappa shape index (κ1) is 17.3. The molecule has 7 heteroatoms. The zero-order valence-corrected chi connectivity index (χ0v) is 11.6. The lowest BCUT2D eigenvalue weighted by atomic mass is 9.85. The molecule has 0 unspecified atom stereocenters. The Balaban J connectivity index is 2.64. The summed E-state index contributed by atoms with van der Waals surface area (Å²) in [7, 11) is 0. The van der Waals surface area contributed by atoms with Crippen LogP contribution in [0.1, 0.15) is 28.2 Å². The Kier molecular flexibility index (Phi) is 4.70. The molecule has 1 N–H and O–H groups in total. The maximum absolute atomic E-state index is 13.1. The van der Waals surface area contributed by atoms with E-state index in [1.165, 1.54) is 12.1 Å². The molecular formula is C16H12F6O. The molecule has 2 aromatic rings. The van der Waals surface area contributed by atoms with E-state index in [-0.39, 0.29) is 11.1 Å². The molecule has 0 aromatic heterocycles. The van der Waals surface area contributed by atoms with Crippen LogP contribution in [0.15, 0.2) is 48.5 Å². The van der Waals surface area contributed by atoms with E-state index in [9.17, 15) is 31.4 Å². The minimum Gasteiger partial charge on any atom is -0.395 e. The third-order valence-electron chi connectivity index (χ3n) is 3.47. The first-order valence-corrected chi connectivity index (χ1v) is 6.59. The second-order valence-electron chi connectivity index (χ2n) is 4.91. The third kappa shape index (κ3) is 3.67. The fourth-order valence-electron chi connectivity index (χ4n) is 2.48. The van der Waals surface area contributed by atoms with Crippen LogP contribution >= 0.6 is 0 Å². The molecule has 0 saturated heterocycles. The average molecular weight is 334 g/mol. The van der Waals surface area contributed by atoms with Crippen LogP contribution in [0.4, 0.5) is 26.3 Å². The summed E-state index contributed by atoms with van der Waals surface area (Å²) in [6, 6.07) is 8.62. The van der Waals surface area contributed by atoms with Gasteiger partial charge in [-0.3, -0.25) is 0 Å². The summed E-state index contributed by atoms with van der Waals surface area (Å²) < 4.78 is 78.5. The number of benzene rings is 2. The molecule has 1 nitrogen and oxygen atoms in total. The van der Waals surface area contributed by atoms with Crippen LogP contribution in [0.3, 0.4) is 0 Å². The van der Waals surface area contributed by atoms with Gasteiger partial charge in [0.15, 0.2) is 0 Å². The highest BCUT2D eigenvalue weighted by Crippen LogP contribution is 2.41. The van der Waals surface area contributed by atoms with E-state index in [1.54, 1.807) is 0 Å². The second kappa shape index (κ2) is 6.23. The van der Waals surface area contributed by atoms with Crippen LogP contribution in [-0.2, 0) is 12.4 Å². The van der Waals surface area contributed by atoms with Crippen LogP contribution in [0.25, 0.3) is 0 Å². The molecule has 0 aliphatic heterocycles. The predicted octanol–water partition coefficient (Wildman–Crippen LogP) is 4.85. The van der Waals surface area contributed by atoms with Crippen molar-refractivity contribution in [1.82, 2.24) is 0 Å². The maximum atomic E-state index is 13.1. The van der Waals surface area contributed by atoms with Crippen LogP contribution in [-0.4, -0.2) is 11.7 Å². The minimum absolute atomic E-state index is 0.390. The van der Waals surface area contributed by atoms with Crippen molar-refractivity contribution < 1.29 is 31.4 Å². The van der Waals surface area contributed by atoms with E-state index >= 15 is 0 Å². The Morgan fingerprint density at radius 3 is 1.35 bits per heavy atom. The smallest absolute Gasteiger partial charge is 0.395 e. The topological polar surface area (TPSA) is 20.2 Å². The van der Waals surface area contributed by atoms with Crippen LogP contribution < -0.4 is 0 Å². The molecule has 2 rings (SSSR count). The first-order valence-electron chi connectivity index (χ1n) is 6.59. The first-order chi connectivity index (χ1) is 10.7. The van der Waals surface area contributed by atoms with Crippen molar-refractivity contribution in [1.29, 1.82) is 0 Å². The van der Waals surface area contributed by atoms with Crippen LogP contribution in [0.5, 0.6) is 0 Å². The summed E-state index contributed by atoms with van der Waals surface area (Å²) in [5.41, 5.74) is -2.90. The van der Waals surface area contributed by atoms with Crippen molar-refractivity contribution in [3.05, 3.63) is 70.8 Å². The number of rotatable bonds is 3. The van der Waals surface area contributed by atoms with Gasteiger partial charge in [0.1, 0.15) is 0 Å². The SMILES string of the molecule is OCC(c1ccccc1C(F)(F)F)c1ccccc1C(F)(F)F. The lowest BCUT2D eigenvalue weighted by molar-refractivity contribution is -0.138. The van der Waals surface area contributed by atoms with Crippen LogP contribution in [0.2, 0.25) is 0 Å². The van der Waals surface area contributed by atoms with Gasteiger partial charge in [-0.2, -0.15) is 26.3 Å². The minimum atomic E-state index is -4.73. The molecule has 0 saturated carbocycles. The molecule has 0 heterocycles. The molecule has 0 bridgehead atoms. The molecule has 124 valence electrons. The number of alkyl halides is 6. The fourth-order valence-corrected chi connectivity index (χ4v) is 2.48. The molecular weight excluding hydrogens is 322 g/mol. The monoisotopic (exact) mass is 334 g/mol. The van der Waals surface area contributed by atoms with Gasteiger partial charge in [0, 0.05) is 5.92 Å². The summed E-state index contributed by atoms with van der Waals surface area (Å²) in [6.07, 6.45) is -9.45. The van der Waals surface area contributed by atoms with Gasteiger partial charge in [0.2, 0.25) is 0 Å². The molecule has 0 radical (unpaired) electrons. The number of aliphatic hydroxyl groups excluding tert-OH is 1.